The zero-order chi connectivity index (χ0) is 11.7. The molecule has 0 radical (unpaired) electrons. The summed E-state index contributed by atoms with van der Waals surface area (Å²) < 4.78 is 1.55. The molecule has 1 N–H and O–H groups in total. The number of aliphatic carboxylic acids is 1. The van der Waals surface area contributed by atoms with Crippen molar-refractivity contribution in [3.63, 3.8) is 0 Å². The van der Waals surface area contributed by atoms with Crippen molar-refractivity contribution in [3.8, 4) is 0 Å². The van der Waals surface area contributed by atoms with Crippen LogP contribution in [0.15, 0.2) is 18.2 Å². The molecule has 0 bridgehead atoms. The first-order chi connectivity index (χ1) is 7.61. The summed E-state index contributed by atoms with van der Waals surface area (Å²) in [5.41, 5.74) is 3.02. The zero-order valence-electron chi connectivity index (χ0n) is 9.40. The summed E-state index contributed by atoms with van der Waals surface area (Å²) >= 11 is 0. The minimum absolute atomic E-state index is 0.0838. The first-order valence-electron chi connectivity index (χ1n) is 5.29. The van der Waals surface area contributed by atoms with E-state index in [2.05, 4.69) is 11.2 Å². The molecule has 0 unspecified atom stereocenters. The number of rotatable bonds is 3. The Kier molecular flexibility index (Phi) is 2.64. The molecule has 0 saturated heterocycles. The third-order valence-electron chi connectivity index (χ3n) is 2.60. The molecular weight excluding hydrogens is 204 g/mol. The van der Waals surface area contributed by atoms with Crippen LogP contribution in [0.3, 0.4) is 0 Å². The Morgan fingerprint density at radius 3 is 2.88 bits per heavy atom. The van der Waals surface area contributed by atoms with Gasteiger partial charge in [0.15, 0.2) is 0 Å². The van der Waals surface area contributed by atoms with Gasteiger partial charge in [-0.15, -0.1) is 0 Å². The minimum Gasteiger partial charge on any atom is -0.480 e. The molecule has 1 aromatic carbocycles. The van der Waals surface area contributed by atoms with Gasteiger partial charge in [0.25, 0.3) is 0 Å². The maximum Gasteiger partial charge on any atom is 0.325 e. The van der Waals surface area contributed by atoms with Gasteiger partial charge < -0.3 is 5.11 Å². The number of aromatic nitrogens is 2. The van der Waals surface area contributed by atoms with Crippen molar-refractivity contribution < 1.29 is 9.90 Å². The molecule has 84 valence electrons. The monoisotopic (exact) mass is 218 g/mol. The highest BCUT2D eigenvalue weighted by atomic mass is 16.4. The van der Waals surface area contributed by atoms with Gasteiger partial charge in [-0.1, -0.05) is 18.6 Å². The normalized spacial score (nSPS) is 10.9. The molecular formula is C12H14N2O2. The van der Waals surface area contributed by atoms with Crippen LogP contribution in [0.2, 0.25) is 0 Å². The van der Waals surface area contributed by atoms with Gasteiger partial charge >= 0.3 is 5.97 Å². The van der Waals surface area contributed by atoms with E-state index < -0.39 is 5.97 Å². The summed E-state index contributed by atoms with van der Waals surface area (Å²) in [6, 6.07) is 5.96. The van der Waals surface area contributed by atoms with Crippen molar-refractivity contribution in [3.05, 3.63) is 29.5 Å². The van der Waals surface area contributed by atoms with Crippen LogP contribution in [0.5, 0.6) is 0 Å². The molecule has 0 amide bonds. The van der Waals surface area contributed by atoms with Crippen LogP contribution in [0.4, 0.5) is 0 Å². The molecule has 2 aromatic rings. The van der Waals surface area contributed by atoms with Crippen LogP contribution in [0.1, 0.15) is 18.2 Å². The quantitative estimate of drug-likeness (QED) is 0.857. The number of benzene rings is 1. The maximum absolute atomic E-state index is 10.7. The van der Waals surface area contributed by atoms with Crippen molar-refractivity contribution in [2.24, 2.45) is 0 Å². The Bertz CT molecular complexity index is 543. The van der Waals surface area contributed by atoms with Crippen molar-refractivity contribution in [1.82, 2.24) is 9.78 Å². The first kappa shape index (κ1) is 10.7. The van der Waals surface area contributed by atoms with E-state index in [-0.39, 0.29) is 6.54 Å². The lowest BCUT2D eigenvalue weighted by Crippen LogP contribution is -2.10. The fraction of sp³-hybridized carbons (Fsp3) is 0.333. The van der Waals surface area contributed by atoms with Crippen LogP contribution in [-0.4, -0.2) is 20.9 Å². The van der Waals surface area contributed by atoms with Gasteiger partial charge in [-0.25, -0.2) is 0 Å². The van der Waals surface area contributed by atoms with E-state index >= 15 is 0 Å². The van der Waals surface area contributed by atoms with E-state index in [1.165, 1.54) is 0 Å². The summed E-state index contributed by atoms with van der Waals surface area (Å²) in [4.78, 5) is 10.7. The van der Waals surface area contributed by atoms with Gasteiger partial charge in [0, 0.05) is 5.39 Å². The third kappa shape index (κ3) is 1.78. The van der Waals surface area contributed by atoms with Crippen molar-refractivity contribution in [2.45, 2.75) is 26.8 Å². The molecule has 0 aliphatic rings. The third-order valence-corrected chi connectivity index (χ3v) is 2.60. The minimum atomic E-state index is -0.868. The van der Waals surface area contributed by atoms with Gasteiger partial charge in [-0.3, -0.25) is 9.48 Å². The summed E-state index contributed by atoms with van der Waals surface area (Å²) in [5, 5.41) is 14.2. The molecule has 1 heterocycles. The fourth-order valence-corrected chi connectivity index (χ4v) is 1.87. The van der Waals surface area contributed by atoms with Gasteiger partial charge in [0.2, 0.25) is 0 Å². The van der Waals surface area contributed by atoms with Gasteiger partial charge in [0.1, 0.15) is 6.54 Å². The summed E-state index contributed by atoms with van der Waals surface area (Å²) in [7, 11) is 0. The molecule has 0 fully saturated rings. The molecule has 1 aromatic heterocycles. The number of aryl methyl sites for hydroxylation is 2. The number of carbonyl (C=O) groups is 1. The largest absolute Gasteiger partial charge is 0.480 e. The average molecular weight is 218 g/mol. The van der Waals surface area contributed by atoms with Gasteiger partial charge in [-0.2, -0.15) is 5.10 Å². The summed E-state index contributed by atoms with van der Waals surface area (Å²) in [5.74, 6) is -0.868. The SMILES string of the molecule is CCc1nn(CC(=O)O)c2ccc(C)cc12. The number of hydrogen-bond acceptors (Lipinski definition) is 2. The highest BCUT2D eigenvalue weighted by Crippen LogP contribution is 2.20. The Morgan fingerprint density at radius 2 is 2.25 bits per heavy atom. The van der Waals surface area contributed by atoms with Crippen molar-refractivity contribution >= 4 is 16.9 Å². The zero-order valence-corrected chi connectivity index (χ0v) is 9.40. The average Bonchev–Trinajstić information content (AvgIpc) is 2.55. The molecule has 2 rings (SSSR count). The number of carboxylic acid groups (broad SMARTS) is 1. The van der Waals surface area contributed by atoms with Crippen molar-refractivity contribution in [2.75, 3.05) is 0 Å². The second-order valence-electron chi connectivity index (χ2n) is 3.87. The predicted octanol–water partition coefficient (Wildman–Crippen LogP) is 1.99. The molecule has 0 atom stereocenters. The van der Waals surface area contributed by atoms with E-state index in [0.29, 0.717) is 0 Å². The van der Waals surface area contributed by atoms with Crippen LogP contribution < -0.4 is 0 Å². The topological polar surface area (TPSA) is 55.1 Å². The molecule has 0 aliphatic heterocycles. The summed E-state index contributed by atoms with van der Waals surface area (Å²) in [6.07, 6.45) is 0.812. The molecule has 16 heavy (non-hydrogen) atoms. The molecule has 4 heteroatoms. The van der Waals surface area contributed by atoms with E-state index in [9.17, 15) is 4.79 Å². The second kappa shape index (κ2) is 3.96. The van der Waals surface area contributed by atoms with Gasteiger partial charge in [-0.05, 0) is 25.5 Å². The standard InChI is InChI=1S/C12H14N2O2/c1-3-10-9-6-8(2)4-5-11(9)14(13-10)7-12(15)16/h4-6H,3,7H2,1-2H3,(H,15,16). The number of fused-ring (bicyclic) bond motifs is 1. The van der Waals surface area contributed by atoms with E-state index in [1.54, 1.807) is 4.68 Å². The fourth-order valence-electron chi connectivity index (χ4n) is 1.87. The smallest absolute Gasteiger partial charge is 0.325 e. The molecule has 0 spiro atoms. The Balaban J connectivity index is 2.63. The lowest BCUT2D eigenvalue weighted by Gasteiger charge is -1.98. The lowest BCUT2D eigenvalue weighted by molar-refractivity contribution is -0.137. The Labute approximate surface area is 93.5 Å². The number of carboxylic acids is 1. The second-order valence-corrected chi connectivity index (χ2v) is 3.87. The van der Waals surface area contributed by atoms with Crippen LogP contribution in [0.25, 0.3) is 10.9 Å². The highest BCUT2D eigenvalue weighted by molar-refractivity contribution is 5.84. The highest BCUT2D eigenvalue weighted by Gasteiger charge is 2.10. The number of hydrogen-bond donors (Lipinski definition) is 1. The molecule has 4 nitrogen and oxygen atoms in total. The Morgan fingerprint density at radius 1 is 1.50 bits per heavy atom. The first-order valence-corrected chi connectivity index (χ1v) is 5.29. The summed E-state index contributed by atoms with van der Waals surface area (Å²) in [6.45, 7) is 3.96. The predicted molar refractivity (Wildman–Crippen MR) is 61.5 cm³/mol. The lowest BCUT2D eigenvalue weighted by atomic mass is 10.1. The number of nitrogens with zero attached hydrogens (tertiary/aromatic N) is 2. The van der Waals surface area contributed by atoms with Crippen molar-refractivity contribution in [1.29, 1.82) is 0 Å². The Hall–Kier alpha value is -1.84. The molecule has 0 saturated carbocycles. The maximum atomic E-state index is 10.7. The van der Waals surface area contributed by atoms with Crippen LogP contribution in [-0.2, 0) is 17.8 Å². The molecule has 0 aliphatic carbocycles. The van der Waals surface area contributed by atoms with Crippen LogP contribution in [0, 0.1) is 6.92 Å². The van der Waals surface area contributed by atoms with Crippen LogP contribution >= 0.6 is 0 Å². The van der Waals surface area contributed by atoms with E-state index in [0.717, 1.165) is 28.6 Å². The van der Waals surface area contributed by atoms with E-state index in [4.69, 9.17) is 5.11 Å². The van der Waals surface area contributed by atoms with E-state index in [1.807, 2.05) is 26.0 Å². The van der Waals surface area contributed by atoms with Gasteiger partial charge in [0.05, 0.1) is 11.2 Å².